The highest BCUT2D eigenvalue weighted by molar-refractivity contribution is 5.89. The van der Waals surface area contributed by atoms with Crippen molar-refractivity contribution >= 4 is 11.7 Å². The number of benzene rings is 1. The second kappa shape index (κ2) is 7.49. The van der Waals surface area contributed by atoms with Crippen molar-refractivity contribution in [2.45, 2.75) is 50.2 Å². The lowest BCUT2D eigenvalue weighted by Crippen LogP contribution is -2.45. The molecular formula is C18H26FN3O2. The van der Waals surface area contributed by atoms with Gasteiger partial charge in [0.05, 0.1) is 5.60 Å². The lowest BCUT2D eigenvalue weighted by atomic mass is 9.84. The predicted octanol–water partition coefficient (Wildman–Crippen LogP) is 2.72. The molecule has 2 amide bonds. The Balaban J connectivity index is 1.43. The van der Waals surface area contributed by atoms with Crippen LogP contribution in [0.3, 0.4) is 0 Å². The van der Waals surface area contributed by atoms with Gasteiger partial charge in [-0.25, -0.2) is 9.18 Å². The maximum atomic E-state index is 12.9. The Kier molecular flexibility index (Phi) is 5.36. The summed E-state index contributed by atoms with van der Waals surface area (Å²) in [4.78, 5) is 14.3. The summed E-state index contributed by atoms with van der Waals surface area (Å²) in [5.74, 6) is -0.326. The van der Waals surface area contributed by atoms with Crippen LogP contribution in [-0.2, 0) is 0 Å². The van der Waals surface area contributed by atoms with Crippen LogP contribution in [0.5, 0.6) is 0 Å². The standard InChI is InChI=1S/C18H26FN3O2/c19-14-4-6-15(7-5-14)20-17(23)21-16-8-11-22(12-16)13-18(24)9-2-1-3-10-18/h4-7,16,24H,1-3,8-13H2,(H2,20,21,23). The minimum absolute atomic E-state index is 0.0811. The fraction of sp³-hybridized carbons (Fsp3) is 0.611. The molecule has 3 rings (SSSR count). The van der Waals surface area contributed by atoms with Gasteiger partial charge in [-0.05, 0) is 43.5 Å². The first-order valence-electron chi connectivity index (χ1n) is 8.80. The van der Waals surface area contributed by atoms with Gasteiger partial charge in [-0.15, -0.1) is 0 Å². The number of anilines is 1. The molecule has 0 aromatic heterocycles. The number of aliphatic hydroxyl groups is 1. The lowest BCUT2D eigenvalue weighted by Gasteiger charge is -2.35. The van der Waals surface area contributed by atoms with Gasteiger partial charge in [-0.2, -0.15) is 0 Å². The van der Waals surface area contributed by atoms with Crippen LogP contribution in [0.15, 0.2) is 24.3 Å². The number of likely N-dealkylation sites (tertiary alicyclic amines) is 1. The Labute approximate surface area is 142 Å². The molecule has 0 radical (unpaired) electrons. The molecule has 132 valence electrons. The molecule has 0 bridgehead atoms. The number of carbonyl (C=O) groups excluding carboxylic acids is 1. The first-order chi connectivity index (χ1) is 11.5. The molecule has 1 aromatic rings. The van der Waals surface area contributed by atoms with Crippen LogP contribution in [0.2, 0.25) is 0 Å². The molecule has 1 aliphatic carbocycles. The van der Waals surface area contributed by atoms with E-state index in [1.54, 1.807) is 0 Å². The molecule has 3 N–H and O–H groups in total. The average molecular weight is 335 g/mol. The molecular weight excluding hydrogens is 309 g/mol. The smallest absolute Gasteiger partial charge is 0.319 e. The van der Waals surface area contributed by atoms with E-state index in [1.807, 2.05) is 0 Å². The lowest BCUT2D eigenvalue weighted by molar-refractivity contribution is -0.0216. The Morgan fingerprint density at radius 2 is 1.96 bits per heavy atom. The predicted molar refractivity (Wildman–Crippen MR) is 91.4 cm³/mol. The van der Waals surface area contributed by atoms with Crippen molar-refractivity contribution < 1.29 is 14.3 Å². The van der Waals surface area contributed by atoms with E-state index in [1.165, 1.54) is 30.7 Å². The van der Waals surface area contributed by atoms with E-state index in [2.05, 4.69) is 15.5 Å². The van der Waals surface area contributed by atoms with Crippen LogP contribution in [0, 0.1) is 5.82 Å². The topological polar surface area (TPSA) is 64.6 Å². The van der Waals surface area contributed by atoms with Crippen LogP contribution in [0.1, 0.15) is 38.5 Å². The molecule has 0 spiro atoms. The highest BCUT2D eigenvalue weighted by Crippen LogP contribution is 2.29. The molecule has 1 atom stereocenters. The molecule has 2 aliphatic rings. The van der Waals surface area contributed by atoms with Crippen molar-refractivity contribution in [2.24, 2.45) is 0 Å². The number of rotatable bonds is 4. The molecule has 1 saturated carbocycles. The van der Waals surface area contributed by atoms with Gasteiger partial charge in [0.25, 0.3) is 0 Å². The maximum absolute atomic E-state index is 12.9. The molecule has 1 unspecified atom stereocenters. The molecule has 5 nitrogen and oxygen atoms in total. The number of halogens is 1. The van der Waals surface area contributed by atoms with E-state index in [9.17, 15) is 14.3 Å². The van der Waals surface area contributed by atoms with E-state index in [-0.39, 0.29) is 17.9 Å². The van der Waals surface area contributed by atoms with Crippen LogP contribution < -0.4 is 10.6 Å². The third kappa shape index (κ3) is 4.68. The van der Waals surface area contributed by atoms with E-state index < -0.39 is 5.60 Å². The normalized spacial score (nSPS) is 23.8. The fourth-order valence-electron chi connectivity index (χ4n) is 3.76. The highest BCUT2D eigenvalue weighted by Gasteiger charge is 2.34. The summed E-state index contributed by atoms with van der Waals surface area (Å²) in [5.41, 5.74) is 0.0176. The van der Waals surface area contributed by atoms with Gasteiger partial charge in [-0.1, -0.05) is 19.3 Å². The van der Waals surface area contributed by atoms with Crippen LogP contribution in [-0.4, -0.2) is 47.3 Å². The zero-order valence-electron chi connectivity index (χ0n) is 13.9. The number of hydrogen-bond donors (Lipinski definition) is 3. The Morgan fingerprint density at radius 1 is 1.25 bits per heavy atom. The number of amides is 2. The van der Waals surface area contributed by atoms with Gasteiger partial charge < -0.3 is 15.7 Å². The molecule has 1 saturated heterocycles. The van der Waals surface area contributed by atoms with Crippen LogP contribution in [0.25, 0.3) is 0 Å². The number of nitrogens with one attached hydrogen (secondary N) is 2. The van der Waals surface area contributed by atoms with Gasteiger partial charge in [0, 0.05) is 31.4 Å². The van der Waals surface area contributed by atoms with Gasteiger partial charge >= 0.3 is 6.03 Å². The van der Waals surface area contributed by atoms with Crippen molar-refractivity contribution in [1.82, 2.24) is 10.2 Å². The molecule has 6 heteroatoms. The summed E-state index contributed by atoms with van der Waals surface area (Å²) in [6.45, 7) is 2.35. The zero-order chi connectivity index (χ0) is 17.0. The Morgan fingerprint density at radius 3 is 2.67 bits per heavy atom. The molecule has 1 heterocycles. The summed E-state index contributed by atoms with van der Waals surface area (Å²) in [6.07, 6.45) is 6.07. The van der Waals surface area contributed by atoms with Crippen LogP contribution >= 0.6 is 0 Å². The molecule has 1 aliphatic heterocycles. The highest BCUT2D eigenvalue weighted by atomic mass is 19.1. The van der Waals surface area contributed by atoms with Gasteiger partial charge in [0.1, 0.15) is 5.82 Å². The van der Waals surface area contributed by atoms with Crippen molar-refractivity contribution in [3.05, 3.63) is 30.1 Å². The third-order valence-electron chi connectivity index (χ3n) is 5.01. The molecule has 1 aromatic carbocycles. The molecule has 2 fully saturated rings. The number of β-amino-alcohol motifs (C(OH)–C–C–N with tert-alkyl or cyclic N) is 1. The second-order valence-electron chi connectivity index (χ2n) is 7.11. The summed E-state index contributed by atoms with van der Waals surface area (Å²) < 4.78 is 12.9. The number of urea groups is 1. The SMILES string of the molecule is O=C(Nc1ccc(F)cc1)NC1CCN(CC2(O)CCCCC2)C1. The van der Waals surface area contributed by atoms with Gasteiger partial charge in [0.2, 0.25) is 0 Å². The van der Waals surface area contributed by atoms with Crippen LogP contribution in [0.4, 0.5) is 14.9 Å². The van der Waals surface area contributed by atoms with E-state index in [0.29, 0.717) is 12.2 Å². The summed E-state index contributed by atoms with van der Waals surface area (Å²) >= 11 is 0. The summed E-state index contributed by atoms with van der Waals surface area (Å²) in [7, 11) is 0. The average Bonchev–Trinajstić information content (AvgIpc) is 2.96. The quantitative estimate of drug-likeness (QED) is 0.793. The summed E-state index contributed by atoms with van der Waals surface area (Å²) in [6, 6.07) is 5.51. The largest absolute Gasteiger partial charge is 0.389 e. The minimum Gasteiger partial charge on any atom is -0.389 e. The maximum Gasteiger partial charge on any atom is 0.319 e. The first kappa shape index (κ1) is 17.2. The Hall–Kier alpha value is -1.66. The zero-order valence-corrected chi connectivity index (χ0v) is 13.9. The van der Waals surface area contributed by atoms with Crippen molar-refractivity contribution in [3.8, 4) is 0 Å². The molecule has 24 heavy (non-hydrogen) atoms. The van der Waals surface area contributed by atoms with Gasteiger partial charge in [0.15, 0.2) is 0 Å². The van der Waals surface area contributed by atoms with Crippen molar-refractivity contribution in [1.29, 1.82) is 0 Å². The third-order valence-corrected chi connectivity index (χ3v) is 5.01. The second-order valence-corrected chi connectivity index (χ2v) is 7.11. The van der Waals surface area contributed by atoms with Crippen molar-refractivity contribution in [3.63, 3.8) is 0 Å². The fourth-order valence-corrected chi connectivity index (χ4v) is 3.76. The Bertz CT molecular complexity index is 558. The van der Waals surface area contributed by atoms with E-state index >= 15 is 0 Å². The van der Waals surface area contributed by atoms with E-state index in [0.717, 1.165) is 45.2 Å². The summed E-state index contributed by atoms with van der Waals surface area (Å²) in [5, 5.41) is 16.3. The van der Waals surface area contributed by atoms with E-state index in [4.69, 9.17) is 0 Å². The monoisotopic (exact) mass is 335 g/mol. The number of hydrogen-bond acceptors (Lipinski definition) is 3. The first-order valence-corrected chi connectivity index (χ1v) is 8.80. The van der Waals surface area contributed by atoms with Gasteiger partial charge in [-0.3, -0.25) is 4.90 Å². The number of nitrogens with zero attached hydrogens (tertiary/aromatic N) is 1. The van der Waals surface area contributed by atoms with Crippen molar-refractivity contribution in [2.75, 3.05) is 25.0 Å². The minimum atomic E-state index is -0.552. The number of carbonyl (C=O) groups is 1.